The van der Waals surface area contributed by atoms with Crippen molar-refractivity contribution in [3.63, 3.8) is 0 Å². The van der Waals surface area contributed by atoms with Gasteiger partial charge in [-0.3, -0.25) is 4.79 Å². The van der Waals surface area contributed by atoms with Gasteiger partial charge in [-0.2, -0.15) is 0 Å². The Hall–Kier alpha value is -1.84. The Morgan fingerprint density at radius 3 is 2.54 bits per heavy atom. The van der Waals surface area contributed by atoms with Crippen LogP contribution in [-0.2, 0) is 6.42 Å². The van der Waals surface area contributed by atoms with Crippen molar-refractivity contribution >= 4 is 40.0 Å². The summed E-state index contributed by atoms with van der Waals surface area (Å²) < 4.78 is 0. The van der Waals surface area contributed by atoms with Crippen molar-refractivity contribution in [3.8, 4) is 0 Å². The summed E-state index contributed by atoms with van der Waals surface area (Å²) in [5.41, 5.74) is 4.19. The minimum atomic E-state index is -0.0722. The van der Waals surface area contributed by atoms with Crippen molar-refractivity contribution in [1.82, 2.24) is 9.97 Å². The van der Waals surface area contributed by atoms with Crippen molar-refractivity contribution in [1.29, 1.82) is 0 Å². The molecule has 0 saturated carbocycles. The molecule has 1 N–H and O–H groups in total. The molecule has 0 bridgehead atoms. The van der Waals surface area contributed by atoms with Crippen LogP contribution in [0.2, 0.25) is 10.0 Å². The second-order valence-corrected chi connectivity index (χ2v) is 6.09. The molecule has 126 valence electrons. The average Bonchev–Trinajstić information content (AvgIpc) is 2.97. The minimum absolute atomic E-state index is 0.0722. The van der Waals surface area contributed by atoms with E-state index in [4.69, 9.17) is 23.2 Å². The lowest BCUT2D eigenvalue weighted by molar-refractivity contribution is 0.101. The largest absolute Gasteiger partial charge is 0.343 e. The van der Waals surface area contributed by atoms with Crippen LogP contribution in [0.15, 0.2) is 30.5 Å². The molecule has 0 unspecified atom stereocenters. The summed E-state index contributed by atoms with van der Waals surface area (Å²) in [7, 11) is 0. The molecule has 0 aliphatic carbocycles. The first kappa shape index (κ1) is 18.5. The smallest absolute Gasteiger partial charge is 0.161 e. The van der Waals surface area contributed by atoms with Crippen molar-refractivity contribution in [2.75, 3.05) is 0 Å². The third-order valence-electron chi connectivity index (χ3n) is 3.74. The highest BCUT2D eigenvalue weighted by molar-refractivity contribution is 6.38. The number of Topliss-reactive ketones (excluding diaryl/α,β-unsaturated/α-hetero) is 1. The van der Waals surface area contributed by atoms with Gasteiger partial charge in [0.05, 0.1) is 5.02 Å². The molecule has 0 atom stereocenters. The molecule has 2 aromatic heterocycles. The molecular weight excluding hydrogens is 343 g/mol. The number of hydrogen-bond acceptors (Lipinski definition) is 2. The third kappa shape index (κ3) is 3.63. The number of H-pyrrole nitrogens is 1. The van der Waals surface area contributed by atoms with Crippen LogP contribution in [0.1, 0.15) is 48.0 Å². The summed E-state index contributed by atoms with van der Waals surface area (Å²) in [6.07, 6.45) is 2.29. The number of nitrogens with zero attached hydrogens (tertiary/aromatic N) is 1. The molecule has 3 aromatic rings. The monoisotopic (exact) mass is 362 g/mol. The Balaban J connectivity index is 0.00000100. The van der Waals surface area contributed by atoms with Gasteiger partial charge < -0.3 is 4.98 Å². The molecule has 1 aromatic carbocycles. The number of carbonyl (C=O) groups excluding carboxylic acids is 1. The van der Waals surface area contributed by atoms with Gasteiger partial charge in [-0.15, -0.1) is 0 Å². The molecule has 3 rings (SSSR count). The average molecular weight is 363 g/mol. The number of aryl methyl sites for hydroxylation is 1. The predicted molar refractivity (Wildman–Crippen MR) is 101 cm³/mol. The number of hydrogen-bond donors (Lipinski definition) is 1. The Labute approximate surface area is 152 Å². The summed E-state index contributed by atoms with van der Waals surface area (Å²) in [5.74, 6) is -0.0722. The zero-order chi connectivity index (χ0) is 17.9. The Morgan fingerprint density at radius 2 is 1.92 bits per heavy atom. The van der Waals surface area contributed by atoms with Crippen LogP contribution in [-0.4, -0.2) is 15.8 Å². The molecule has 0 aliphatic rings. The lowest BCUT2D eigenvalue weighted by Crippen LogP contribution is -1.99. The fourth-order valence-electron chi connectivity index (χ4n) is 2.53. The molecule has 0 aliphatic heterocycles. The fourth-order valence-corrected chi connectivity index (χ4v) is 3.17. The molecule has 3 nitrogen and oxygen atoms in total. The van der Waals surface area contributed by atoms with Crippen molar-refractivity contribution in [2.45, 2.75) is 34.1 Å². The lowest BCUT2D eigenvalue weighted by Gasteiger charge is -2.09. The summed E-state index contributed by atoms with van der Waals surface area (Å²) in [5, 5.41) is 2.05. The lowest BCUT2D eigenvalue weighted by atomic mass is 10.0. The number of rotatable bonds is 3. The number of aromatic amines is 1. The first-order valence-electron chi connectivity index (χ1n) is 7.88. The minimum Gasteiger partial charge on any atom is -0.343 e. The van der Waals surface area contributed by atoms with Crippen molar-refractivity contribution < 1.29 is 4.79 Å². The number of aromatic nitrogens is 2. The zero-order valence-electron chi connectivity index (χ0n) is 14.2. The van der Waals surface area contributed by atoms with Crippen LogP contribution in [0.3, 0.4) is 0 Å². The topological polar surface area (TPSA) is 45.8 Å². The van der Waals surface area contributed by atoms with Gasteiger partial charge in [-0.1, -0.05) is 37.0 Å². The molecular formula is C19H20Cl2N2O. The maximum absolute atomic E-state index is 11.6. The fraction of sp³-hybridized carbons (Fsp3) is 0.263. The highest BCUT2D eigenvalue weighted by Crippen LogP contribution is 2.31. The molecule has 2 heterocycles. The number of fused-ring (bicyclic) bond motifs is 1. The SMILES string of the molecule is CC.CC(=O)c1ccc(Cl)c(Cc2cc3c(C)ccnc3[nH]2)c1Cl. The van der Waals surface area contributed by atoms with Crippen molar-refractivity contribution in [2.24, 2.45) is 0 Å². The second kappa shape index (κ2) is 7.82. The van der Waals surface area contributed by atoms with Crippen LogP contribution < -0.4 is 0 Å². The van der Waals surface area contributed by atoms with Crippen LogP contribution in [0.25, 0.3) is 11.0 Å². The molecule has 0 saturated heterocycles. The van der Waals surface area contributed by atoms with Gasteiger partial charge in [0, 0.05) is 34.3 Å². The molecule has 0 radical (unpaired) electrons. The van der Waals surface area contributed by atoms with E-state index in [1.54, 1.807) is 18.3 Å². The van der Waals surface area contributed by atoms with Crippen LogP contribution in [0.4, 0.5) is 0 Å². The van der Waals surface area contributed by atoms with E-state index in [1.165, 1.54) is 6.92 Å². The van der Waals surface area contributed by atoms with Crippen LogP contribution in [0, 0.1) is 6.92 Å². The normalized spacial score (nSPS) is 10.4. The van der Waals surface area contributed by atoms with E-state index in [0.717, 1.165) is 27.9 Å². The van der Waals surface area contributed by atoms with Gasteiger partial charge in [0.1, 0.15) is 5.65 Å². The van der Waals surface area contributed by atoms with Gasteiger partial charge >= 0.3 is 0 Å². The van der Waals surface area contributed by atoms with Gasteiger partial charge in [-0.05, 0) is 49.2 Å². The Morgan fingerprint density at radius 1 is 1.21 bits per heavy atom. The Bertz CT molecular complexity index is 884. The number of nitrogens with one attached hydrogen (secondary N) is 1. The maximum atomic E-state index is 11.6. The van der Waals surface area contributed by atoms with E-state index < -0.39 is 0 Å². The zero-order valence-corrected chi connectivity index (χ0v) is 15.7. The molecule has 0 fully saturated rings. The van der Waals surface area contributed by atoms with E-state index in [1.807, 2.05) is 32.9 Å². The van der Waals surface area contributed by atoms with E-state index in [0.29, 0.717) is 22.0 Å². The molecule has 0 amide bonds. The number of ketones is 1. The van der Waals surface area contributed by atoms with E-state index >= 15 is 0 Å². The summed E-state index contributed by atoms with van der Waals surface area (Å²) in [6.45, 7) is 7.53. The van der Waals surface area contributed by atoms with Gasteiger partial charge in [-0.25, -0.2) is 4.98 Å². The van der Waals surface area contributed by atoms with Gasteiger partial charge in [0.25, 0.3) is 0 Å². The Kier molecular flexibility index (Phi) is 6.03. The summed E-state index contributed by atoms with van der Waals surface area (Å²) >= 11 is 12.6. The van der Waals surface area contributed by atoms with Crippen molar-refractivity contribution in [3.05, 3.63) is 62.9 Å². The molecule has 24 heavy (non-hydrogen) atoms. The van der Waals surface area contributed by atoms with Crippen LogP contribution in [0.5, 0.6) is 0 Å². The second-order valence-electron chi connectivity index (χ2n) is 5.31. The van der Waals surface area contributed by atoms with E-state index in [2.05, 4.69) is 9.97 Å². The van der Waals surface area contributed by atoms with Crippen LogP contribution >= 0.6 is 23.2 Å². The number of halogens is 2. The first-order chi connectivity index (χ1) is 11.5. The predicted octanol–water partition coefficient (Wildman–Crippen LogP) is 6.00. The first-order valence-corrected chi connectivity index (χ1v) is 8.64. The molecule has 0 spiro atoms. The highest BCUT2D eigenvalue weighted by Gasteiger charge is 2.15. The van der Waals surface area contributed by atoms with E-state index in [-0.39, 0.29) is 5.78 Å². The summed E-state index contributed by atoms with van der Waals surface area (Å²) in [6, 6.07) is 7.39. The van der Waals surface area contributed by atoms with Gasteiger partial charge in [0.15, 0.2) is 5.78 Å². The maximum Gasteiger partial charge on any atom is 0.161 e. The number of carbonyl (C=O) groups is 1. The van der Waals surface area contributed by atoms with E-state index in [9.17, 15) is 4.79 Å². The van der Waals surface area contributed by atoms with Gasteiger partial charge in [0.2, 0.25) is 0 Å². The molecule has 5 heteroatoms. The number of pyridine rings is 1. The quantitative estimate of drug-likeness (QED) is 0.580. The summed E-state index contributed by atoms with van der Waals surface area (Å²) in [4.78, 5) is 19.2. The number of benzene rings is 1. The standard InChI is InChI=1S/C17H14Cl2N2O.C2H6/c1-9-5-6-20-17-13(9)7-11(21-17)8-14-15(18)4-3-12(10(2)22)16(14)19;1-2/h3-7H,8H2,1-2H3,(H,20,21);1-2H3. The third-order valence-corrected chi connectivity index (χ3v) is 4.52. The highest BCUT2D eigenvalue weighted by atomic mass is 35.5.